The van der Waals surface area contributed by atoms with Crippen molar-refractivity contribution in [3.8, 4) is 0 Å². The third-order valence-electron chi connectivity index (χ3n) is 8.55. The smallest absolute Gasteiger partial charge is 0.416 e. The molecule has 0 aliphatic carbocycles. The van der Waals surface area contributed by atoms with Crippen LogP contribution in [-0.2, 0) is 10.9 Å². The molecule has 0 atom stereocenters. The summed E-state index contributed by atoms with van der Waals surface area (Å²) < 4.78 is 45.9. The van der Waals surface area contributed by atoms with E-state index in [9.17, 15) is 18.0 Å². The van der Waals surface area contributed by atoms with E-state index in [4.69, 9.17) is 4.74 Å². The number of carbonyl (C=O) groups is 1. The van der Waals surface area contributed by atoms with E-state index in [1.165, 1.54) is 36.7 Å². The Bertz CT molecular complexity index is 1210. The number of benzene rings is 1. The van der Waals surface area contributed by atoms with Crippen molar-refractivity contribution in [2.75, 3.05) is 44.2 Å². The summed E-state index contributed by atoms with van der Waals surface area (Å²) in [6.45, 7) is 11.1. The third-order valence-corrected chi connectivity index (χ3v) is 9.66. The Morgan fingerprint density at radius 3 is 2.32 bits per heavy atom. The molecule has 3 aliphatic rings. The first-order valence-corrected chi connectivity index (χ1v) is 15.6. The number of aromatic nitrogens is 1. The van der Waals surface area contributed by atoms with Crippen LogP contribution in [0.15, 0.2) is 46.3 Å². The molecule has 0 bridgehead atoms. The van der Waals surface area contributed by atoms with Crippen LogP contribution in [0, 0.1) is 5.41 Å². The molecule has 0 radical (unpaired) electrons. The van der Waals surface area contributed by atoms with Crippen molar-refractivity contribution >= 4 is 29.4 Å². The Kier molecular flexibility index (Phi) is 8.81. The van der Waals surface area contributed by atoms with Gasteiger partial charge in [0.25, 0.3) is 0 Å². The summed E-state index contributed by atoms with van der Waals surface area (Å²) >= 11 is 1.48. The van der Waals surface area contributed by atoms with Crippen LogP contribution in [0.3, 0.4) is 0 Å². The summed E-state index contributed by atoms with van der Waals surface area (Å²) in [6.07, 6.45) is 4.50. The number of amides is 1. The topological polar surface area (TPSA) is 48.9 Å². The zero-order valence-electron chi connectivity index (χ0n) is 24.3. The highest BCUT2D eigenvalue weighted by molar-refractivity contribution is 7.99. The summed E-state index contributed by atoms with van der Waals surface area (Å²) in [7, 11) is 0. The maximum absolute atomic E-state index is 13.5. The highest BCUT2D eigenvalue weighted by atomic mass is 32.2. The lowest BCUT2D eigenvalue weighted by Crippen LogP contribution is -2.49. The van der Waals surface area contributed by atoms with E-state index >= 15 is 0 Å². The Morgan fingerprint density at radius 2 is 1.63 bits per heavy atom. The van der Waals surface area contributed by atoms with Gasteiger partial charge in [0, 0.05) is 30.7 Å². The van der Waals surface area contributed by atoms with Gasteiger partial charge in [-0.05, 0) is 115 Å². The first-order valence-electron chi connectivity index (χ1n) is 14.7. The second-order valence-corrected chi connectivity index (χ2v) is 13.7. The van der Waals surface area contributed by atoms with E-state index in [2.05, 4.69) is 9.88 Å². The number of carbonyl (C=O) groups excluding carboxylic acids is 1. The average molecular weight is 591 g/mol. The standard InChI is InChI=1S/C31H41F3N4O2S/c1-29(2,3)40-28(39)37-20-13-30(14-21-37)11-18-36(19-12-30)16-5-4-6-17-38-24-22-23(31(32,33)34)9-10-25(24)41-26-8-7-15-35-27(26)38/h7-10,15,22H,4-6,11-14,16-21H2,1-3H3. The van der Waals surface area contributed by atoms with Crippen LogP contribution in [-0.4, -0.2) is 65.7 Å². The molecule has 224 valence electrons. The molecule has 4 heterocycles. The van der Waals surface area contributed by atoms with Crippen LogP contribution in [0.5, 0.6) is 0 Å². The van der Waals surface area contributed by atoms with Crippen molar-refractivity contribution < 1.29 is 22.7 Å². The number of nitrogens with zero attached hydrogens (tertiary/aromatic N) is 4. The van der Waals surface area contributed by atoms with Gasteiger partial charge in [-0.25, -0.2) is 9.78 Å². The van der Waals surface area contributed by atoms with Crippen LogP contribution in [0.4, 0.5) is 29.5 Å². The van der Waals surface area contributed by atoms with E-state index in [1.807, 2.05) is 42.7 Å². The fraction of sp³-hybridized carbons (Fsp3) is 0.613. The summed E-state index contributed by atoms with van der Waals surface area (Å²) in [5.41, 5.74) is -0.160. The average Bonchev–Trinajstić information content (AvgIpc) is 2.92. The van der Waals surface area contributed by atoms with Gasteiger partial charge in [0.2, 0.25) is 0 Å². The van der Waals surface area contributed by atoms with Gasteiger partial charge in [-0.15, -0.1) is 0 Å². The molecule has 0 unspecified atom stereocenters. The number of anilines is 2. The van der Waals surface area contributed by atoms with E-state index in [1.54, 1.807) is 12.3 Å². The van der Waals surface area contributed by atoms with Gasteiger partial charge >= 0.3 is 12.3 Å². The largest absolute Gasteiger partial charge is 0.444 e. The molecule has 1 amide bonds. The SMILES string of the molecule is CC(C)(C)OC(=O)N1CCC2(CCN(CCCCCN3c4cc(C(F)(F)F)ccc4Sc4cccnc43)CC2)CC1. The van der Waals surface area contributed by atoms with Gasteiger partial charge in [0.1, 0.15) is 11.4 Å². The molecule has 1 aromatic carbocycles. The zero-order chi connectivity index (χ0) is 29.3. The van der Waals surface area contributed by atoms with Gasteiger partial charge in [-0.1, -0.05) is 18.2 Å². The molecule has 0 saturated carbocycles. The minimum atomic E-state index is -4.38. The van der Waals surface area contributed by atoms with Crippen molar-refractivity contribution in [2.45, 2.75) is 87.3 Å². The lowest BCUT2D eigenvalue weighted by Gasteiger charge is -2.47. The van der Waals surface area contributed by atoms with Gasteiger partial charge in [-0.2, -0.15) is 13.2 Å². The number of likely N-dealkylation sites (tertiary alicyclic amines) is 2. The van der Waals surface area contributed by atoms with E-state index < -0.39 is 17.3 Å². The maximum atomic E-state index is 13.5. The number of pyridine rings is 1. The zero-order valence-corrected chi connectivity index (χ0v) is 25.1. The third kappa shape index (κ3) is 7.31. The van der Waals surface area contributed by atoms with Crippen molar-refractivity contribution in [1.82, 2.24) is 14.8 Å². The summed E-state index contributed by atoms with van der Waals surface area (Å²) in [6, 6.07) is 7.85. The normalized spacial score (nSPS) is 19.2. The minimum Gasteiger partial charge on any atom is -0.444 e. The molecule has 1 spiro atoms. The van der Waals surface area contributed by atoms with Gasteiger partial charge in [-0.3, -0.25) is 0 Å². The maximum Gasteiger partial charge on any atom is 0.416 e. The highest BCUT2D eigenvalue weighted by Crippen LogP contribution is 2.48. The fourth-order valence-electron chi connectivity index (χ4n) is 6.14. The molecule has 10 heteroatoms. The number of piperidine rings is 2. The minimum absolute atomic E-state index is 0.198. The molecule has 1 aromatic heterocycles. The number of halogens is 3. The van der Waals surface area contributed by atoms with Crippen molar-refractivity contribution in [1.29, 1.82) is 0 Å². The van der Waals surface area contributed by atoms with Crippen LogP contribution in [0.25, 0.3) is 0 Å². The number of hydrogen-bond acceptors (Lipinski definition) is 6. The van der Waals surface area contributed by atoms with Gasteiger partial charge in [0.05, 0.1) is 16.1 Å². The molecule has 3 aliphatic heterocycles. The van der Waals surface area contributed by atoms with Crippen molar-refractivity contribution in [3.05, 3.63) is 42.1 Å². The Balaban J connectivity index is 1.08. The van der Waals surface area contributed by atoms with E-state index in [-0.39, 0.29) is 6.09 Å². The molecule has 5 rings (SSSR count). The summed E-state index contributed by atoms with van der Waals surface area (Å²) in [4.78, 5) is 25.1. The first kappa shape index (κ1) is 30.0. The first-order chi connectivity index (χ1) is 19.4. The summed E-state index contributed by atoms with van der Waals surface area (Å²) in [5.74, 6) is 0.739. The van der Waals surface area contributed by atoms with Crippen molar-refractivity contribution in [2.24, 2.45) is 5.41 Å². The Hall–Kier alpha value is -2.46. The van der Waals surface area contributed by atoms with Crippen LogP contribution in [0.2, 0.25) is 0 Å². The number of rotatable bonds is 6. The molecule has 2 fully saturated rings. The number of unbranched alkanes of at least 4 members (excludes halogenated alkanes) is 2. The van der Waals surface area contributed by atoms with Crippen molar-refractivity contribution in [3.63, 3.8) is 0 Å². The second kappa shape index (κ2) is 12.0. The molecular formula is C31H41F3N4O2S. The predicted molar refractivity (Wildman–Crippen MR) is 156 cm³/mol. The summed E-state index contributed by atoms with van der Waals surface area (Å²) in [5, 5.41) is 0. The molecule has 6 nitrogen and oxygen atoms in total. The monoisotopic (exact) mass is 590 g/mol. The van der Waals surface area contributed by atoms with Gasteiger partial charge in [0.15, 0.2) is 0 Å². The van der Waals surface area contributed by atoms with Crippen LogP contribution < -0.4 is 4.90 Å². The van der Waals surface area contributed by atoms with Crippen LogP contribution in [0.1, 0.15) is 71.3 Å². The quantitative estimate of drug-likeness (QED) is 0.318. The number of hydrogen-bond donors (Lipinski definition) is 0. The lowest BCUT2D eigenvalue weighted by atomic mass is 9.71. The number of alkyl halides is 3. The predicted octanol–water partition coefficient (Wildman–Crippen LogP) is 7.99. The molecule has 2 aromatic rings. The molecule has 0 N–H and O–H groups in total. The molecule has 41 heavy (non-hydrogen) atoms. The fourth-order valence-corrected chi connectivity index (χ4v) is 7.19. The Labute approximate surface area is 245 Å². The number of ether oxygens (including phenoxy) is 1. The van der Waals surface area contributed by atoms with E-state index in [0.717, 1.165) is 80.4 Å². The molecular weight excluding hydrogens is 549 g/mol. The van der Waals surface area contributed by atoms with Crippen LogP contribution >= 0.6 is 11.8 Å². The highest BCUT2D eigenvalue weighted by Gasteiger charge is 2.39. The second-order valence-electron chi connectivity index (χ2n) is 12.6. The van der Waals surface area contributed by atoms with E-state index in [0.29, 0.717) is 17.6 Å². The lowest BCUT2D eigenvalue weighted by molar-refractivity contribution is -0.137. The van der Waals surface area contributed by atoms with Gasteiger partial charge < -0.3 is 19.4 Å². The number of fused-ring (bicyclic) bond motifs is 2. The molecule has 2 saturated heterocycles. The Morgan fingerprint density at radius 1 is 0.951 bits per heavy atom.